The molecule has 1 aliphatic carbocycles. The standard InChI is InChI=1S/C10H18N2O2.2ClH/c13-10(14)8-12-5-3-11(4-6-12)7-9-1-2-9;;/h9H,1-8H2,(H,13,14);2*1H. The average molecular weight is 271 g/mol. The number of piperazine rings is 1. The maximum absolute atomic E-state index is 10.5. The number of hydrogen-bond donors (Lipinski definition) is 1. The van der Waals surface area contributed by atoms with Gasteiger partial charge >= 0.3 is 5.97 Å². The van der Waals surface area contributed by atoms with Crippen molar-refractivity contribution in [3.8, 4) is 0 Å². The van der Waals surface area contributed by atoms with Gasteiger partial charge in [-0.05, 0) is 18.8 Å². The van der Waals surface area contributed by atoms with E-state index in [0.29, 0.717) is 0 Å². The molecule has 2 rings (SSSR count). The van der Waals surface area contributed by atoms with Gasteiger partial charge in [0.2, 0.25) is 0 Å². The number of carbonyl (C=O) groups is 1. The molecule has 0 amide bonds. The molecule has 0 spiro atoms. The molecule has 1 heterocycles. The Labute approximate surface area is 109 Å². The fraction of sp³-hybridized carbons (Fsp3) is 0.900. The molecule has 1 aliphatic heterocycles. The number of carboxylic acid groups (broad SMARTS) is 1. The van der Waals surface area contributed by atoms with Crippen molar-refractivity contribution < 1.29 is 9.90 Å². The lowest BCUT2D eigenvalue weighted by molar-refractivity contribution is -0.138. The molecule has 2 fully saturated rings. The van der Waals surface area contributed by atoms with Crippen LogP contribution in [0, 0.1) is 5.92 Å². The first-order valence-electron chi connectivity index (χ1n) is 5.40. The minimum atomic E-state index is -0.708. The monoisotopic (exact) mass is 270 g/mol. The third-order valence-corrected chi connectivity index (χ3v) is 3.04. The fourth-order valence-electron chi connectivity index (χ4n) is 1.99. The van der Waals surface area contributed by atoms with E-state index in [9.17, 15) is 4.79 Å². The summed E-state index contributed by atoms with van der Waals surface area (Å²) in [4.78, 5) is 15.0. The number of rotatable bonds is 4. The van der Waals surface area contributed by atoms with E-state index in [0.717, 1.165) is 32.1 Å². The van der Waals surface area contributed by atoms with E-state index in [4.69, 9.17) is 5.11 Å². The first-order chi connectivity index (χ1) is 6.74. The number of hydrogen-bond acceptors (Lipinski definition) is 3. The summed E-state index contributed by atoms with van der Waals surface area (Å²) in [5.41, 5.74) is 0. The highest BCUT2D eigenvalue weighted by Crippen LogP contribution is 2.29. The third kappa shape index (κ3) is 5.34. The molecule has 0 aromatic heterocycles. The molecule has 1 N–H and O–H groups in total. The molecule has 0 unspecified atom stereocenters. The summed E-state index contributed by atoms with van der Waals surface area (Å²) in [6, 6.07) is 0. The van der Waals surface area contributed by atoms with E-state index in [1.54, 1.807) is 0 Å². The van der Waals surface area contributed by atoms with Crippen LogP contribution in [0.4, 0.5) is 0 Å². The Morgan fingerprint density at radius 1 is 1.06 bits per heavy atom. The van der Waals surface area contributed by atoms with Gasteiger partial charge in [-0.1, -0.05) is 0 Å². The zero-order valence-corrected chi connectivity index (χ0v) is 10.9. The van der Waals surface area contributed by atoms with E-state index in [2.05, 4.69) is 4.90 Å². The predicted octanol–water partition coefficient (Wildman–Crippen LogP) is 0.942. The second kappa shape index (κ2) is 7.33. The van der Waals surface area contributed by atoms with Crippen LogP contribution in [-0.2, 0) is 4.79 Å². The zero-order chi connectivity index (χ0) is 9.97. The van der Waals surface area contributed by atoms with Crippen LogP contribution < -0.4 is 0 Å². The molecule has 0 atom stereocenters. The summed E-state index contributed by atoms with van der Waals surface area (Å²) in [6.07, 6.45) is 2.80. The van der Waals surface area contributed by atoms with Crippen molar-refractivity contribution in [3.63, 3.8) is 0 Å². The van der Waals surface area contributed by atoms with Gasteiger partial charge in [-0.15, -0.1) is 24.8 Å². The molecule has 16 heavy (non-hydrogen) atoms. The smallest absolute Gasteiger partial charge is 0.317 e. The lowest BCUT2D eigenvalue weighted by Crippen LogP contribution is -2.48. The SMILES string of the molecule is Cl.Cl.O=C(O)CN1CCN(CC2CC2)CC1. The molecule has 6 heteroatoms. The number of halogens is 2. The van der Waals surface area contributed by atoms with Crippen LogP contribution in [0.25, 0.3) is 0 Å². The Morgan fingerprint density at radius 3 is 2.00 bits per heavy atom. The van der Waals surface area contributed by atoms with Crippen LogP contribution in [0.15, 0.2) is 0 Å². The van der Waals surface area contributed by atoms with Gasteiger partial charge in [0, 0.05) is 32.7 Å². The molecule has 0 radical (unpaired) electrons. The summed E-state index contributed by atoms with van der Waals surface area (Å²) >= 11 is 0. The highest BCUT2D eigenvalue weighted by Gasteiger charge is 2.26. The van der Waals surface area contributed by atoms with Gasteiger partial charge in [0.1, 0.15) is 0 Å². The molecule has 0 bridgehead atoms. The van der Waals surface area contributed by atoms with Crippen LogP contribution in [0.1, 0.15) is 12.8 Å². The molecule has 0 aromatic rings. The molecule has 0 aromatic carbocycles. The van der Waals surface area contributed by atoms with Crippen molar-refractivity contribution in [2.24, 2.45) is 5.92 Å². The van der Waals surface area contributed by atoms with Gasteiger partial charge in [-0.3, -0.25) is 9.69 Å². The van der Waals surface area contributed by atoms with Crippen LogP contribution in [0.5, 0.6) is 0 Å². The van der Waals surface area contributed by atoms with Gasteiger partial charge in [0.25, 0.3) is 0 Å². The fourth-order valence-corrected chi connectivity index (χ4v) is 1.99. The number of carboxylic acids is 1. The Balaban J connectivity index is 0.00000112. The highest BCUT2D eigenvalue weighted by atomic mass is 35.5. The molecule has 1 saturated carbocycles. The van der Waals surface area contributed by atoms with Crippen molar-refractivity contribution >= 4 is 30.8 Å². The van der Waals surface area contributed by atoms with Gasteiger partial charge in [0.15, 0.2) is 0 Å². The maximum Gasteiger partial charge on any atom is 0.317 e. The lowest BCUT2D eigenvalue weighted by Gasteiger charge is -2.33. The summed E-state index contributed by atoms with van der Waals surface area (Å²) in [7, 11) is 0. The summed E-state index contributed by atoms with van der Waals surface area (Å²) in [5, 5.41) is 8.63. The lowest BCUT2D eigenvalue weighted by atomic mass is 10.3. The van der Waals surface area contributed by atoms with Crippen LogP contribution in [-0.4, -0.2) is 60.1 Å². The first-order valence-corrected chi connectivity index (χ1v) is 5.40. The Bertz CT molecular complexity index is 217. The Kier molecular flexibility index (Phi) is 7.31. The number of nitrogens with zero attached hydrogens (tertiary/aromatic N) is 2. The number of aliphatic carboxylic acids is 1. The van der Waals surface area contributed by atoms with Crippen molar-refractivity contribution in [3.05, 3.63) is 0 Å². The highest BCUT2D eigenvalue weighted by molar-refractivity contribution is 5.85. The summed E-state index contributed by atoms with van der Waals surface area (Å²) < 4.78 is 0. The molecular weight excluding hydrogens is 251 g/mol. The first kappa shape index (κ1) is 16.0. The van der Waals surface area contributed by atoms with Crippen molar-refractivity contribution in [2.75, 3.05) is 39.3 Å². The van der Waals surface area contributed by atoms with Crippen LogP contribution >= 0.6 is 24.8 Å². The van der Waals surface area contributed by atoms with Crippen LogP contribution in [0.3, 0.4) is 0 Å². The van der Waals surface area contributed by atoms with Gasteiger partial charge in [0.05, 0.1) is 6.54 Å². The molecule has 2 aliphatic rings. The van der Waals surface area contributed by atoms with Crippen molar-refractivity contribution in [2.45, 2.75) is 12.8 Å². The van der Waals surface area contributed by atoms with E-state index >= 15 is 0 Å². The van der Waals surface area contributed by atoms with Crippen LogP contribution in [0.2, 0.25) is 0 Å². The second-order valence-electron chi connectivity index (χ2n) is 4.41. The molecule has 1 saturated heterocycles. The largest absolute Gasteiger partial charge is 0.480 e. The van der Waals surface area contributed by atoms with Gasteiger partial charge in [-0.2, -0.15) is 0 Å². The van der Waals surface area contributed by atoms with E-state index in [1.807, 2.05) is 4.90 Å². The van der Waals surface area contributed by atoms with E-state index in [1.165, 1.54) is 19.4 Å². The predicted molar refractivity (Wildman–Crippen MR) is 67.7 cm³/mol. The second-order valence-corrected chi connectivity index (χ2v) is 4.41. The van der Waals surface area contributed by atoms with Gasteiger partial charge < -0.3 is 10.0 Å². The van der Waals surface area contributed by atoms with E-state index in [-0.39, 0.29) is 31.4 Å². The molecule has 96 valence electrons. The average Bonchev–Trinajstić information content (AvgIpc) is 2.91. The summed E-state index contributed by atoms with van der Waals surface area (Å²) in [5.74, 6) is 0.238. The minimum absolute atomic E-state index is 0. The maximum atomic E-state index is 10.5. The quantitative estimate of drug-likeness (QED) is 0.826. The zero-order valence-electron chi connectivity index (χ0n) is 9.30. The Hall–Kier alpha value is -0.0300. The third-order valence-electron chi connectivity index (χ3n) is 3.04. The molecule has 4 nitrogen and oxygen atoms in total. The summed E-state index contributed by atoms with van der Waals surface area (Å²) in [6.45, 7) is 5.36. The normalized spacial score (nSPS) is 22.0. The van der Waals surface area contributed by atoms with Crippen molar-refractivity contribution in [1.29, 1.82) is 0 Å². The van der Waals surface area contributed by atoms with Crippen molar-refractivity contribution in [1.82, 2.24) is 9.80 Å². The molecular formula is C10H20Cl2N2O2. The van der Waals surface area contributed by atoms with Gasteiger partial charge in [-0.25, -0.2) is 0 Å². The Morgan fingerprint density at radius 2 is 1.56 bits per heavy atom. The topological polar surface area (TPSA) is 43.8 Å². The van der Waals surface area contributed by atoms with E-state index < -0.39 is 5.97 Å². The minimum Gasteiger partial charge on any atom is -0.480 e.